The molecule has 1 aromatic heterocycles. The monoisotopic (exact) mass is 229 g/mol. The molecule has 0 radical (unpaired) electrons. The van der Waals surface area contributed by atoms with E-state index >= 15 is 0 Å². The second kappa shape index (κ2) is 4.71. The van der Waals surface area contributed by atoms with Gasteiger partial charge in [-0.1, -0.05) is 0 Å². The lowest BCUT2D eigenvalue weighted by molar-refractivity contribution is -0.142. The molecule has 0 amide bonds. The molecule has 4 nitrogen and oxygen atoms in total. The first-order valence-corrected chi connectivity index (χ1v) is 5.30. The molecule has 0 fully saturated rings. The Balaban J connectivity index is 2.35. The average Bonchev–Trinajstić information content (AvgIpc) is 2.72. The highest BCUT2D eigenvalue weighted by Gasteiger charge is 2.11. The summed E-state index contributed by atoms with van der Waals surface area (Å²) in [6, 6.07) is 7.18. The first-order chi connectivity index (χ1) is 8.24. The summed E-state index contributed by atoms with van der Waals surface area (Å²) in [7, 11) is 0. The number of benzene rings is 1. The van der Waals surface area contributed by atoms with Crippen LogP contribution >= 0.6 is 0 Å². The van der Waals surface area contributed by atoms with Crippen molar-refractivity contribution in [2.75, 3.05) is 6.61 Å². The van der Waals surface area contributed by atoms with Crippen LogP contribution in [0.3, 0.4) is 0 Å². The topological polar surface area (TPSA) is 63.2 Å². The van der Waals surface area contributed by atoms with E-state index in [0.29, 0.717) is 17.8 Å². The molecule has 4 heteroatoms. The number of rotatable bonds is 3. The zero-order valence-corrected chi connectivity index (χ0v) is 9.40. The van der Waals surface area contributed by atoms with Crippen LogP contribution in [-0.2, 0) is 16.0 Å². The minimum atomic E-state index is -0.294. The summed E-state index contributed by atoms with van der Waals surface area (Å²) >= 11 is 0. The van der Waals surface area contributed by atoms with Crippen molar-refractivity contribution >= 4 is 16.9 Å². The molecule has 86 valence electrons. The molecular weight excluding hydrogens is 218 g/mol. The Morgan fingerprint density at radius 1 is 1.53 bits per heavy atom. The van der Waals surface area contributed by atoms with Crippen LogP contribution in [-0.4, -0.2) is 12.6 Å². The van der Waals surface area contributed by atoms with Crippen molar-refractivity contribution in [1.82, 2.24) is 0 Å². The Labute approximate surface area is 98.4 Å². The highest BCUT2D eigenvalue weighted by atomic mass is 16.5. The molecule has 0 unspecified atom stereocenters. The maximum atomic E-state index is 11.4. The minimum Gasteiger partial charge on any atom is -0.466 e. The average molecular weight is 229 g/mol. The maximum absolute atomic E-state index is 11.4. The lowest BCUT2D eigenvalue weighted by atomic mass is 10.1. The van der Waals surface area contributed by atoms with Gasteiger partial charge in [-0.25, -0.2) is 0 Å². The zero-order chi connectivity index (χ0) is 12.3. The SMILES string of the molecule is CCOC(=O)Cc1coc2ccc(C#N)cc12. The molecule has 0 aliphatic carbocycles. The molecular formula is C13H11NO3. The lowest BCUT2D eigenvalue weighted by Gasteiger charge is -1.99. The van der Waals surface area contributed by atoms with Gasteiger partial charge in [-0.3, -0.25) is 4.79 Å². The molecule has 0 aliphatic heterocycles. The summed E-state index contributed by atoms with van der Waals surface area (Å²) in [5.41, 5.74) is 1.96. The molecule has 0 spiro atoms. The summed E-state index contributed by atoms with van der Waals surface area (Å²) in [6.45, 7) is 2.12. The van der Waals surface area contributed by atoms with Crippen LogP contribution in [0.5, 0.6) is 0 Å². The third kappa shape index (κ3) is 2.28. The minimum absolute atomic E-state index is 0.162. The van der Waals surface area contributed by atoms with Crippen molar-refractivity contribution in [3.05, 3.63) is 35.6 Å². The summed E-state index contributed by atoms with van der Waals surface area (Å²) < 4.78 is 10.2. The molecule has 2 rings (SSSR count). The Bertz CT molecular complexity index is 592. The van der Waals surface area contributed by atoms with Gasteiger partial charge >= 0.3 is 5.97 Å². The van der Waals surface area contributed by atoms with Gasteiger partial charge in [-0.15, -0.1) is 0 Å². The Morgan fingerprint density at radius 3 is 3.06 bits per heavy atom. The number of esters is 1. The molecule has 0 N–H and O–H groups in total. The van der Waals surface area contributed by atoms with Gasteiger partial charge in [0.25, 0.3) is 0 Å². The first-order valence-electron chi connectivity index (χ1n) is 5.30. The van der Waals surface area contributed by atoms with Crippen molar-refractivity contribution in [2.24, 2.45) is 0 Å². The van der Waals surface area contributed by atoms with Gasteiger partial charge < -0.3 is 9.15 Å². The lowest BCUT2D eigenvalue weighted by Crippen LogP contribution is -2.06. The second-order valence-electron chi connectivity index (χ2n) is 3.57. The molecule has 0 atom stereocenters. The van der Waals surface area contributed by atoms with E-state index in [1.807, 2.05) is 0 Å². The number of hydrogen-bond acceptors (Lipinski definition) is 4. The third-order valence-electron chi connectivity index (χ3n) is 2.42. The third-order valence-corrected chi connectivity index (χ3v) is 2.42. The Kier molecular flexibility index (Phi) is 3.10. The second-order valence-corrected chi connectivity index (χ2v) is 3.57. The van der Waals surface area contributed by atoms with Crippen LogP contribution in [0.4, 0.5) is 0 Å². The summed E-state index contributed by atoms with van der Waals surface area (Å²) in [5.74, 6) is -0.294. The maximum Gasteiger partial charge on any atom is 0.310 e. The summed E-state index contributed by atoms with van der Waals surface area (Å²) in [4.78, 5) is 11.4. The van der Waals surface area contributed by atoms with Gasteiger partial charge in [-0.05, 0) is 25.1 Å². The van der Waals surface area contributed by atoms with Crippen LogP contribution in [0, 0.1) is 11.3 Å². The van der Waals surface area contributed by atoms with E-state index in [0.717, 1.165) is 10.9 Å². The quantitative estimate of drug-likeness (QED) is 0.758. The predicted molar refractivity (Wildman–Crippen MR) is 61.3 cm³/mol. The van der Waals surface area contributed by atoms with E-state index in [1.54, 1.807) is 25.1 Å². The number of furan rings is 1. The van der Waals surface area contributed by atoms with Crippen LogP contribution < -0.4 is 0 Å². The molecule has 1 heterocycles. The van der Waals surface area contributed by atoms with Crippen LogP contribution in [0.25, 0.3) is 11.0 Å². The number of ether oxygens (including phenoxy) is 1. The van der Waals surface area contributed by atoms with Gasteiger partial charge in [0.1, 0.15) is 5.58 Å². The molecule has 0 bridgehead atoms. The van der Waals surface area contributed by atoms with Crippen molar-refractivity contribution < 1.29 is 13.9 Å². The van der Waals surface area contributed by atoms with E-state index in [2.05, 4.69) is 6.07 Å². The summed E-state index contributed by atoms with van der Waals surface area (Å²) in [6.07, 6.45) is 1.69. The fraction of sp³-hybridized carbons (Fsp3) is 0.231. The first kappa shape index (κ1) is 11.2. The van der Waals surface area contributed by atoms with Crippen LogP contribution in [0.1, 0.15) is 18.1 Å². The van der Waals surface area contributed by atoms with Crippen molar-refractivity contribution in [3.8, 4) is 6.07 Å². The zero-order valence-electron chi connectivity index (χ0n) is 9.40. The molecule has 0 saturated carbocycles. The van der Waals surface area contributed by atoms with E-state index in [4.69, 9.17) is 14.4 Å². The summed E-state index contributed by atoms with van der Waals surface area (Å²) in [5, 5.41) is 9.61. The van der Waals surface area contributed by atoms with Crippen molar-refractivity contribution in [3.63, 3.8) is 0 Å². The predicted octanol–water partition coefficient (Wildman–Crippen LogP) is 2.41. The number of nitriles is 1. The van der Waals surface area contributed by atoms with Gasteiger partial charge in [0.2, 0.25) is 0 Å². The van der Waals surface area contributed by atoms with Gasteiger partial charge in [0, 0.05) is 10.9 Å². The Morgan fingerprint density at radius 2 is 2.35 bits per heavy atom. The smallest absolute Gasteiger partial charge is 0.310 e. The van der Waals surface area contributed by atoms with Gasteiger partial charge in [0.05, 0.1) is 30.9 Å². The fourth-order valence-electron chi connectivity index (χ4n) is 1.66. The number of carbonyl (C=O) groups excluding carboxylic acids is 1. The highest BCUT2D eigenvalue weighted by molar-refractivity contribution is 5.86. The number of carbonyl (C=O) groups is 1. The molecule has 0 aliphatic rings. The van der Waals surface area contributed by atoms with Gasteiger partial charge in [-0.2, -0.15) is 5.26 Å². The van der Waals surface area contributed by atoms with Crippen molar-refractivity contribution in [2.45, 2.75) is 13.3 Å². The standard InChI is InChI=1S/C13H11NO3/c1-2-16-13(15)6-10-8-17-12-4-3-9(7-14)5-11(10)12/h3-5,8H,2,6H2,1H3. The van der Waals surface area contributed by atoms with Crippen LogP contribution in [0.2, 0.25) is 0 Å². The van der Waals surface area contributed by atoms with Crippen LogP contribution in [0.15, 0.2) is 28.9 Å². The fourth-order valence-corrected chi connectivity index (χ4v) is 1.66. The normalized spacial score (nSPS) is 10.1. The largest absolute Gasteiger partial charge is 0.466 e. The molecule has 17 heavy (non-hydrogen) atoms. The van der Waals surface area contributed by atoms with E-state index in [1.165, 1.54) is 6.26 Å². The molecule has 2 aromatic rings. The van der Waals surface area contributed by atoms with E-state index in [9.17, 15) is 4.79 Å². The number of hydrogen-bond donors (Lipinski definition) is 0. The Hall–Kier alpha value is -2.28. The van der Waals surface area contributed by atoms with Crippen molar-refractivity contribution in [1.29, 1.82) is 5.26 Å². The van der Waals surface area contributed by atoms with E-state index < -0.39 is 0 Å². The van der Waals surface area contributed by atoms with E-state index in [-0.39, 0.29) is 12.4 Å². The number of fused-ring (bicyclic) bond motifs is 1. The highest BCUT2D eigenvalue weighted by Crippen LogP contribution is 2.23. The molecule has 0 saturated heterocycles. The molecule has 1 aromatic carbocycles. The number of nitrogens with zero attached hydrogens (tertiary/aromatic N) is 1. The van der Waals surface area contributed by atoms with Gasteiger partial charge in [0.15, 0.2) is 0 Å².